The smallest absolute Gasteiger partial charge is 0.303 e. The third kappa shape index (κ3) is 2.51. The Morgan fingerprint density at radius 3 is 2.44 bits per heavy atom. The van der Waals surface area contributed by atoms with Crippen LogP contribution in [0.4, 0.5) is 0 Å². The second-order valence-electron chi connectivity index (χ2n) is 10.1. The van der Waals surface area contributed by atoms with Crippen LogP contribution in [-0.2, 0) is 14.3 Å². The molecule has 4 heteroatoms. The van der Waals surface area contributed by atoms with Gasteiger partial charge in [-0.2, -0.15) is 0 Å². The molecule has 4 rings (SSSR count). The molecule has 4 aliphatic rings. The number of aliphatic hydroxyl groups is 1. The lowest BCUT2D eigenvalue weighted by molar-refractivity contribution is -0.186. The van der Waals surface area contributed by atoms with E-state index in [9.17, 15) is 14.7 Å². The summed E-state index contributed by atoms with van der Waals surface area (Å²) in [7, 11) is 0. The molecule has 0 spiro atoms. The Balaban J connectivity index is 1.70. The molecule has 0 amide bonds. The molecule has 0 unspecified atom stereocenters. The van der Waals surface area contributed by atoms with Crippen molar-refractivity contribution in [3.05, 3.63) is 11.6 Å². The van der Waals surface area contributed by atoms with Crippen LogP contribution < -0.4 is 0 Å². The maximum Gasteiger partial charge on any atom is 0.303 e. The van der Waals surface area contributed by atoms with Gasteiger partial charge in [-0.3, -0.25) is 9.59 Å². The monoisotopic (exact) mass is 374 g/mol. The van der Waals surface area contributed by atoms with Gasteiger partial charge in [0.2, 0.25) is 0 Å². The van der Waals surface area contributed by atoms with Crippen LogP contribution in [0, 0.1) is 28.6 Å². The molecular formula is C23H34O4. The van der Waals surface area contributed by atoms with Crippen molar-refractivity contribution in [2.45, 2.75) is 90.8 Å². The third-order valence-corrected chi connectivity index (χ3v) is 9.08. The van der Waals surface area contributed by atoms with Gasteiger partial charge in [0.25, 0.3) is 0 Å². The first kappa shape index (κ1) is 19.2. The van der Waals surface area contributed by atoms with E-state index in [4.69, 9.17) is 4.74 Å². The Labute approximate surface area is 162 Å². The lowest BCUT2D eigenvalue weighted by Crippen LogP contribution is -2.58. The minimum absolute atomic E-state index is 0.0141. The summed E-state index contributed by atoms with van der Waals surface area (Å²) in [6.45, 7) is 7.64. The van der Waals surface area contributed by atoms with Gasteiger partial charge in [0.05, 0.1) is 6.10 Å². The Morgan fingerprint density at radius 2 is 1.78 bits per heavy atom. The Kier molecular flexibility index (Phi) is 4.38. The zero-order chi connectivity index (χ0) is 19.6. The van der Waals surface area contributed by atoms with Crippen molar-refractivity contribution in [3.8, 4) is 0 Å². The lowest BCUT2D eigenvalue weighted by Gasteiger charge is -2.59. The van der Waals surface area contributed by atoms with Gasteiger partial charge in [-0.1, -0.05) is 25.5 Å². The Hall–Kier alpha value is -1.16. The van der Waals surface area contributed by atoms with E-state index in [1.165, 1.54) is 12.5 Å². The van der Waals surface area contributed by atoms with Gasteiger partial charge in [0.1, 0.15) is 0 Å². The van der Waals surface area contributed by atoms with Gasteiger partial charge in [-0.15, -0.1) is 0 Å². The van der Waals surface area contributed by atoms with E-state index in [1.54, 1.807) is 6.92 Å². The molecule has 4 aliphatic carbocycles. The molecule has 4 nitrogen and oxygen atoms in total. The maximum atomic E-state index is 12.7. The Morgan fingerprint density at radius 1 is 1.07 bits per heavy atom. The number of ether oxygens (including phenoxy) is 1. The highest BCUT2D eigenvalue weighted by atomic mass is 16.6. The van der Waals surface area contributed by atoms with Gasteiger partial charge in [-0.05, 0) is 81.5 Å². The second-order valence-corrected chi connectivity index (χ2v) is 10.1. The third-order valence-electron chi connectivity index (χ3n) is 9.08. The van der Waals surface area contributed by atoms with Gasteiger partial charge in [-0.25, -0.2) is 0 Å². The molecule has 0 saturated heterocycles. The molecule has 0 bridgehead atoms. The minimum atomic E-state index is -0.942. The fourth-order valence-corrected chi connectivity index (χ4v) is 7.70. The number of carbonyl (C=O) groups is 2. The Bertz CT molecular complexity index is 696. The summed E-state index contributed by atoms with van der Waals surface area (Å²) in [4.78, 5) is 24.6. The molecule has 1 N–H and O–H groups in total. The number of ketones is 1. The van der Waals surface area contributed by atoms with Crippen LogP contribution in [0.25, 0.3) is 0 Å². The summed E-state index contributed by atoms with van der Waals surface area (Å²) >= 11 is 0. The van der Waals surface area contributed by atoms with Crippen molar-refractivity contribution in [2.75, 3.05) is 0 Å². The fraction of sp³-hybridized carbons (Fsp3) is 0.826. The number of Topliss-reactive ketones (excluding diaryl/α,β-unsaturated/α-hetero) is 1. The van der Waals surface area contributed by atoms with Gasteiger partial charge in [0, 0.05) is 12.3 Å². The summed E-state index contributed by atoms with van der Waals surface area (Å²) in [5.41, 5.74) is 0.442. The minimum Gasteiger partial charge on any atom is -0.451 e. The standard InChI is InChI=1S/C23H34O4/c1-14(24)23(27-15(2)25)12-9-20-18-6-5-16-13-17(26)7-10-21(16,3)19(18)8-11-22(20,23)4/h5,17-20,26H,6-13H2,1-4H3/t17-,18-,19+,20-,21+,22-,23+/m1/s1. The predicted molar refractivity (Wildman–Crippen MR) is 103 cm³/mol. The van der Waals surface area contributed by atoms with Crippen molar-refractivity contribution >= 4 is 11.8 Å². The van der Waals surface area contributed by atoms with Crippen LogP contribution in [0.1, 0.15) is 79.1 Å². The number of hydrogen-bond donors (Lipinski definition) is 1. The van der Waals surface area contributed by atoms with Crippen molar-refractivity contribution in [1.82, 2.24) is 0 Å². The van der Waals surface area contributed by atoms with E-state index >= 15 is 0 Å². The first-order chi connectivity index (χ1) is 12.6. The summed E-state index contributed by atoms with van der Waals surface area (Å²) < 4.78 is 5.82. The van der Waals surface area contributed by atoms with Crippen molar-refractivity contribution < 1.29 is 19.4 Å². The molecule has 0 aromatic heterocycles. The van der Waals surface area contributed by atoms with Crippen molar-refractivity contribution in [1.29, 1.82) is 0 Å². The molecule has 27 heavy (non-hydrogen) atoms. The van der Waals surface area contributed by atoms with E-state index in [0.717, 1.165) is 44.9 Å². The quantitative estimate of drug-likeness (QED) is 0.581. The molecule has 3 fully saturated rings. The number of hydrogen-bond acceptors (Lipinski definition) is 4. The molecule has 0 aromatic carbocycles. The topological polar surface area (TPSA) is 63.6 Å². The van der Waals surface area contributed by atoms with Crippen LogP contribution in [0.5, 0.6) is 0 Å². The van der Waals surface area contributed by atoms with Gasteiger partial charge in [0.15, 0.2) is 11.4 Å². The van der Waals surface area contributed by atoms with Crippen LogP contribution in [-0.4, -0.2) is 28.6 Å². The normalized spacial score (nSPS) is 48.7. The molecular weight excluding hydrogens is 340 g/mol. The van der Waals surface area contributed by atoms with E-state index in [-0.39, 0.29) is 28.7 Å². The van der Waals surface area contributed by atoms with Crippen LogP contribution >= 0.6 is 0 Å². The average Bonchev–Trinajstić information content (AvgIpc) is 2.89. The first-order valence-corrected chi connectivity index (χ1v) is 10.7. The molecule has 0 heterocycles. The van der Waals surface area contributed by atoms with E-state index < -0.39 is 5.60 Å². The number of allylic oxidation sites excluding steroid dienone is 1. The van der Waals surface area contributed by atoms with Crippen LogP contribution in [0.3, 0.4) is 0 Å². The van der Waals surface area contributed by atoms with Gasteiger partial charge >= 0.3 is 5.97 Å². The highest BCUT2D eigenvalue weighted by Gasteiger charge is 2.67. The summed E-state index contributed by atoms with van der Waals surface area (Å²) in [6.07, 6.45) is 9.68. The van der Waals surface area contributed by atoms with Crippen LogP contribution in [0.2, 0.25) is 0 Å². The summed E-state index contributed by atoms with van der Waals surface area (Å²) in [5, 5.41) is 10.1. The molecule has 150 valence electrons. The van der Waals surface area contributed by atoms with Crippen molar-refractivity contribution in [2.24, 2.45) is 28.6 Å². The lowest BCUT2D eigenvalue weighted by atomic mass is 9.46. The van der Waals surface area contributed by atoms with Crippen molar-refractivity contribution in [3.63, 3.8) is 0 Å². The van der Waals surface area contributed by atoms with Crippen LogP contribution in [0.15, 0.2) is 11.6 Å². The number of aliphatic hydroxyl groups excluding tert-OH is 1. The number of esters is 1. The van der Waals surface area contributed by atoms with E-state index in [2.05, 4.69) is 19.9 Å². The fourth-order valence-electron chi connectivity index (χ4n) is 7.70. The second kappa shape index (κ2) is 6.17. The first-order valence-electron chi connectivity index (χ1n) is 10.7. The molecule has 0 aromatic rings. The zero-order valence-corrected chi connectivity index (χ0v) is 17.2. The molecule has 0 radical (unpaired) electrons. The van der Waals surface area contributed by atoms with Gasteiger partial charge < -0.3 is 9.84 Å². The van der Waals surface area contributed by atoms with E-state index in [1.807, 2.05) is 0 Å². The highest BCUT2D eigenvalue weighted by Crippen LogP contribution is 2.68. The zero-order valence-electron chi connectivity index (χ0n) is 17.2. The maximum absolute atomic E-state index is 12.7. The number of carbonyl (C=O) groups excluding carboxylic acids is 2. The highest BCUT2D eigenvalue weighted by molar-refractivity contribution is 5.89. The number of rotatable bonds is 2. The van der Waals surface area contributed by atoms with E-state index in [0.29, 0.717) is 24.2 Å². The largest absolute Gasteiger partial charge is 0.451 e. The molecule has 0 aliphatic heterocycles. The summed E-state index contributed by atoms with van der Waals surface area (Å²) in [6, 6.07) is 0. The summed E-state index contributed by atoms with van der Waals surface area (Å²) in [5.74, 6) is 1.25. The number of fused-ring (bicyclic) bond motifs is 5. The molecule has 7 atom stereocenters. The predicted octanol–water partition coefficient (Wildman–Crippen LogP) is 4.20. The average molecular weight is 375 g/mol. The molecule has 3 saturated carbocycles. The SMILES string of the molecule is CC(=O)O[C@]1(C(C)=O)CC[C@@H]2[C@@H]3CC=C4C[C@H](O)CC[C@]4(C)[C@H]3CC[C@]21C.